The topological polar surface area (TPSA) is 133 Å². The summed E-state index contributed by atoms with van der Waals surface area (Å²) < 4.78 is 0. The first-order chi connectivity index (χ1) is 11.9. The van der Waals surface area contributed by atoms with E-state index in [0.717, 1.165) is 0 Å². The first-order valence-corrected chi connectivity index (χ1v) is 8.98. The van der Waals surface area contributed by atoms with Crippen molar-refractivity contribution in [3.8, 4) is 0 Å². The van der Waals surface area contributed by atoms with Crippen LogP contribution in [0.5, 0.6) is 0 Å². The Kier molecular flexibility index (Phi) is 6.65. The zero-order chi connectivity index (χ0) is 18.6. The van der Waals surface area contributed by atoms with Crippen LogP contribution in [0, 0.1) is 0 Å². The van der Waals surface area contributed by atoms with Gasteiger partial charge >= 0.3 is 5.97 Å². The molecule has 2 heterocycles. The number of carbonyl (C=O) groups excluding carboxylic acids is 3. The molecule has 0 aromatic rings. The maximum Gasteiger partial charge on any atom is 0.326 e. The number of likely N-dealkylation sites (tertiary alicyclic amines) is 2. The minimum absolute atomic E-state index is 0.0868. The number of nitrogens with zero attached hydrogens (tertiary/aromatic N) is 2. The van der Waals surface area contributed by atoms with Crippen molar-refractivity contribution < 1.29 is 24.3 Å². The van der Waals surface area contributed by atoms with Gasteiger partial charge in [0.15, 0.2) is 0 Å². The number of carbonyl (C=O) groups is 4. The lowest BCUT2D eigenvalue weighted by atomic mass is 10.1. The second kappa shape index (κ2) is 8.52. The first kappa shape index (κ1) is 19.5. The van der Waals surface area contributed by atoms with E-state index in [0.29, 0.717) is 38.8 Å². The van der Waals surface area contributed by atoms with Crippen molar-refractivity contribution in [2.75, 3.05) is 25.4 Å². The molecule has 2 rings (SSSR count). The van der Waals surface area contributed by atoms with Crippen molar-refractivity contribution >= 4 is 36.3 Å². The first-order valence-electron chi connectivity index (χ1n) is 8.34. The third kappa shape index (κ3) is 4.24. The second-order valence-electron chi connectivity index (χ2n) is 6.22. The number of carboxylic acids is 1. The maximum absolute atomic E-state index is 12.8. The van der Waals surface area contributed by atoms with Crippen molar-refractivity contribution in [2.45, 2.75) is 43.8 Å². The molecule has 2 aliphatic heterocycles. The van der Waals surface area contributed by atoms with Gasteiger partial charge in [-0.15, -0.1) is 0 Å². The van der Waals surface area contributed by atoms with E-state index in [1.165, 1.54) is 9.80 Å². The lowest BCUT2D eigenvalue weighted by Gasteiger charge is -2.32. The van der Waals surface area contributed by atoms with Crippen LogP contribution in [-0.2, 0) is 19.2 Å². The van der Waals surface area contributed by atoms with E-state index < -0.39 is 35.9 Å². The molecule has 2 fully saturated rings. The van der Waals surface area contributed by atoms with E-state index in [1.807, 2.05) is 0 Å². The van der Waals surface area contributed by atoms with Crippen LogP contribution in [0.1, 0.15) is 25.7 Å². The molecule has 0 aromatic carbocycles. The summed E-state index contributed by atoms with van der Waals surface area (Å²) >= 11 is 4.09. The van der Waals surface area contributed by atoms with Gasteiger partial charge in [-0.25, -0.2) is 4.79 Å². The van der Waals surface area contributed by atoms with E-state index in [1.54, 1.807) is 0 Å². The summed E-state index contributed by atoms with van der Waals surface area (Å²) in [5.41, 5.74) is 5.25. The van der Waals surface area contributed by atoms with Gasteiger partial charge in [-0.3, -0.25) is 14.4 Å². The van der Waals surface area contributed by atoms with E-state index in [2.05, 4.69) is 17.9 Å². The van der Waals surface area contributed by atoms with Crippen LogP contribution in [0.4, 0.5) is 0 Å². The van der Waals surface area contributed by atoms with Crippen LogP contribution in [0.2, 0.25) is 0 Å². The SMILES string of the molecule is NCC(=O)NC(CS)C(=O)N1CCCC1C(=O)N1CCCC1C(=O)O. The molecule has 0 spiro atoms. The number of nitrogens with two attached hydrogens (primary N) is 1. The highest BCUT2D eigenvalue weighted by Crippen LogP contribution is 2.25. The van der Waals surface area contributed by atoms with Crippen molar-refractivity contribution in [1.82, 2.24) is 15.1 Å². The molecular weight excluding hydrogens is 348 g/mol. The number of rotatable bonds is 6. The molecule has 10 heteroatoms. The maximum atomic E-state index is 12.8. The molecule has 0 radical (unpaired) electrons. The van der Waals surface area contributed by atoms with Gasteiger partial charge in [-0.1, -0.05) is 0 Å². The van der Waals surface area contributed by atoms with Gasteiger partial charge < -0.3 is 26.0 Å². The number of nitrogens with one attached hydrogen (secondary N) is 1. The molecule has 140 valence electrons. The standard InChI is InChI=1S/C15H24N4O5S/c16-7-12(20)17-9(8-25)13(21)18-5-1-3-10(18)14(22)19-6-2-4-11(19)15(23)24/h9-11,25H,1-8,16H2,(H,17,20)(H,23,24). The fourth-order valence-corrected chi connectivity index (χ4v) is 3.65. The smallest absolute Gasteiger partial charge is 0.326 e. The summed E-state index contributed by atoms with van der Waals surface area (Å²) in [6.07, 6.45) is 2.19. The zero-order valence-corrected chi connectivity index (χ0v) is 14.8. The monoisotopic (exact) mass is 372 g/mol. The molecule has 4 N–H and O–H groups in total. The fraction of sp³-hybridized carbons (Fsp3) is 0.733. The molecule has 25 heavy (non-hydrogen) atoms. The molecule has 0 aliphatic carbocycles. The molecule has 2 aliphatic rings. The quantitative estimate of drug-likeness (QED) is 0.416. The van der Waals surface area contributed by atoms with Crippen LogP contribution >= 0.6 is 12.6 Å². The highest BCUT2D eigenvalue weighted by atomic mass is 32.1. The van der Waals surface area contributed by atoms with Crippen molar-refractivity contribution in [1.29, 1.82) is 0 Å². The third-order valence-electron chi connectivity index (χ3n) is 4.64. The molecule has 2 saturated heterocycles. The second-order valence-corrected chi connectivity index (χ2v) is 6.59. The van der Waals surface area contributed by atoms with E-state index in [9.17, 15) is 24.3 Å². The average Bonchev–Trinajstić information content (AvgIpc) is 3.27. The summed E-state index contributed by atoms with van der Waals surface area (Å²) in [6.45, 7) is 0.534. The predicted octanol–water partition coefficient (Wildman–Crippen LogP) is -1.57. The average molecular weight is 372 g/mol. The normalized spacial score (nSPS) is 24.2. The Balaban J connectivity index is 2.10. The Labute approximate surface area is 151 Å². The summed E-state index contributed by atoms with van der Waals surface area (Å²) in [5, 5.41) is 11.8. The number of hydrogen-bond donors (Lipinski definition) is 4. The summed E-state index contributed by atoms with van der Waals surface area (Å²) in [5.74, 6) is -2.13. The van der Waals surface area contributed by atoms with Gasteiger partial charge in [0.2, 0.25) is 17.7 Å². The molecule has 9 nitrogen and oxygen atoms in total. The molecular formula is C15H24N4O5S. The van der Waals surface area contributed by atoms with Gasteiger partial charge in [0.05, 0.1) is 6.54 Å². The predicted molar refractivity (Wildman–Crippen MR) is 91.9 cm³/mol. The van der Waals surface area contributed by atoms with Gasteiger partial charge in [0.1, 0.15) is 18.1 Å². The van der Waals surface area contributed by atoms with Gasteiger partial charge in [-0.05, 0) is 25.7 Å². The Morgan fingerprint density at radius 1 is 1.12 bits per heavy atom. The lowest BCUT2D eigenvalue weighted by molar-refractivity contribution is -0.152. The molecule has 3 atom stereocenters. The van der Waals surface area contributed by atoms with E-state index in [4.69, 9.17) is 5.73 Å². The number of hydrogen-bond acceptors (Lipinski definition) is 6. The molecule has 0 bridgehead atoms. The Hall–Kier alpha value is -1.81. The highest BCUT2D eigenvalue weighted by molar-refractivity contribution is 7.80. The van der Waals surface area contributed by atoms with Gasteiger partial charge in [0.25, 0.3) is 0 Å². The number of thiol groups is 1. The minimum Gasteiger partial charge on any atom is -0.480 e. The third-order valence-corrected chi connectivity index (χ3v) is 5.01. The van der Waals surface area contributed by atoms with E-state index in [-0.39, 0.29) is 18.2 Å². The number of carboxylic acid groups (broad SMARTS) is 1. The molecule has 0 aromatic heterocycles. The van der Waals surface area contributed by atoms with Crippen LogP contribution in [-0.4, -0.2) is 82.1 Å². The summed E-state index contributed by atoms with van der Waals surface area (Å²) in [6, 6.07) is -2.38. The summed E-state index contributed by atoms with van der Waals surface area (Å²) in [4.78, 5) is 51.1. The van der Waals surface area contributed by atoms with Crippen LogP contribution in [0.3, 0.4) is 0 Å². The Morgan fingerprint density at radius 2 is 1.72 bits per heavy atom. The molecule has 3 unspecified atom stereocenters. The lowest BCUT2D eigenvalue weighted by Crippen LogP contribution is -2.56. The highest BCUT2D eigenvalue weighted by Gasteiger charge is 2.43. The van der Waals surface area contributed by atoms with Crippen LogP contribution in [0.25, 0.3) is 0 Å². The largest absolute Gasteiger partial charge is 0.480 e. The zero-order valence-electron chi connectivity index (χ0n) is 13.9. The van der Waals surface area contributed by atoms with Gasteiger partial charge in [-0.2, -0.15) is 12.6 Å². The van der Waals surface area contributed by atoms with Crippen molar-refractivity contribution in [2.24, 2.45) is 5.73 Å². The number of amides is 3. The van der Waals surface area contributed by atoms with Gasteiger partial charge in [0, 0.05) is 18.8 Å². The number of aliphatic carboxylic acids is 1. The summed E-state index contributed by atoms with van der Waals surface area (Å²) in [7, 11) is 0. The van der Waals surface area contributed by atoms with Crippen LogP contribution < -0.4 is 11.1 Å². The van der Waals surface area contributed by atoms with Crippen molar-refractivity contribution in [3.05, 3.63) is 0 Å². The minimum atomic E-state index is -1.02. The fourth-order valence-electron chi connectivity index (χ4n) is 3.40. The molecule has 0 saturated carbocycles. The molecule has 3 amide bonds. The van der Waals surface area contributed by atoms with Crippen LogP contribution in [0.15, 0.2) is 0 Å². The Bertz CT molecular complexity index is 558. The van der Waals surface area contributed by atoms with E-state index >= 15 is 0 Å². The Morgan fingerprint density at radius 3 is 2.28 bits per heavy atom. The van der Waals surface area contributed by atoms with Crippen molar-refractivity contribution in [3.63, 3.8) is 0 Å².